The topological polar surface area (TPSA) is 79.1 Å². The van der Waals surface area contributed by atoms with E-state index in [1.54, 1.807) is 0 Å². The average Bonchev–Trinajstić information content (AvgIpc) is 3.28. The van der Waals surface area contributed by atoms with E-state index in [0.717, 1.165) is 49.9 Å². The Bertz CT molecular complexity index is 890. The van der Waals surface area contributed by atoms with Gasteiger partial charge in [-0.05, 0) is 37.8 Å². The predicted octanol–water partition coefficient (Wildman–Crippen LogP) is 2.14. The Morgan fingerprint density at radius 2 is 1.39 bits per heavy atom. The van der Waals surface area contributed by atoms with Crippen molar-refractivity contribution in [3.05, 3.63) is 24.3 Å². The van der Waals surface area contributed by atoms with Crippen LogP contribution < -0.4 is 4.90 Å². The second-order valence-electron chi connectivity index (χ2n) is 8.76. The van der Waals surface area contributed by atoms with Crippen molar-refractivity contribution in [1.29, 1.82) is 0 Å². The molecule has 0 atom stereocenters. The molecule has 2 amide bonds. The first-order chi connectivity index (χ1) is 15.2. The number of aromatic nitrogens is 1. The first kappa shape index (κ1) is 20.3. The van der Waals surface area contributed by atoms with Crippen molar-refractivity contribution >= 4 is 28.9 Å². The molecule has 2 aromatic rings. The number of fused-ring (bicyclic) bond motifs is 1. The fraction of sp³-hybridized carbons (Fsp3) is 0.609. The minimum absolute atomic E-state index is 0.0446. The van der Waals surface area contributed by atoms with Crippen LogP contribution in [0.2, 0.25) is 0 Å². The number of hydrogen-bond donors (Lipinski definition) is 0. The number of carbonyl (C=O) groups is 2. The number of morpholine rings is 1. The molecule has 31 heavy (non-hydrogen) atoms. The molecular formula is C23H30N4O4. The van der Waals surface area contributed by atoms with Gasteiger partial charge in [0.15, 0.2) is 5.58 Å². The van der Waals surface area contributed by atoms with Gasteiger partial charge in [0.1, 0.15) is 5.52 Å². The fourth-order valence-electron chi connectivity index (χ4n) is 4.96. The number of para-hydroxylation sites is 2. The fourth-order valence-corrected chi connectivity index (χ4v) is 4.96. The first-order valence-electron chi connectivity index (χ1n) is 11.4. The molecule has 3 saturated heterocycles. The van der Waals surface area contributed by atoms with Crippen LogP contribution in [-0.4, -0.2) is 79.1 Å². The Labute approximate surface area is 182 Å². The van der Waals surface area contributed by atoms with Crippen LogP contribution in [0.15, 0.2) is 28.7 Å². The second-order valence-corrected chi connectivity index (χ2v) is 8.76. The van der Waals surface area contributed by atoms with Crippen LogP contribution >= 0.6 is 0 Å². The number of ether oxygens (including phenoxy) is 1. The van der Waals surface area contributed by atoms with E-state index in [0.29, 0.717) is 45.4 Å². The number of anilines is 1. The molecule has 0 unspecified atom stereocenters. The lowest BCUT2D eigenvalue weighted by atomic mass is 9.91. The maximum atomic E-state index is 13.1. The van der Waals surface area contributed by atoms with Gasteiger partial charge in [-0.3, -0.25) is 9.59 Å². The van der Waals surface area contributed by atoms with Gasteiger partial charge in [0, 0.05) is 51.1 Å². The molecule has 0 N–H and O–H groups in total. The third-order valence-electron chi connectivity index (χ3n) is 6.88. The van der Waals surface area contributed by atoms with Gasteiger partial charge in [0.05, 0.1) is 13.2 Å². The van der Waals surface area contributed by atoms with Gasteiger partial charge in [-0.2, -0.15) is 4.98 Å². The Morgan fingerprint density at radius 3 is 2.03 bits per heavy atom. The van der Waals surface area contributed by atoms with E-state index in [4.69, 9.17) is 9.15 Å². The monoisotopic (exact) mass is 426 g/mol. The van der Waals surface area contributed by atoms with E-state index in [1.807, 2.05) is 34.1 Å². The van der Waals surface area contributed by atoms with Gasteiger partial charge < -0.3 is 23.9 Å². The van der Waals surface area contributed by atoms with Crippen molar-refractivity contribution in [3.63, 3.8) is 0 Å². The summed E-state index contributed by atoms with van der Waals surface area (Å²) in [4.78, 5) is 36.4. The molecule has 8 heteroatoms. The van der Waals surface area contributed by atoms with E-state index in [1.165, 1.54) is 0 Å². The number of amides is 2. The molecule has 4 heterocycles. The van der Waals surface area contributed by atoms with Gasteiger partial charge in [0.2, 0.25) is 11.8 Å². The van der Waals surface area contributed by atoms with E-state index in [-0.39, 0.29) is 23.7 Å². The summed E-state index contributed by atoms with van der Waals surface area (Å²) < 4.78 is 11.2. The number of piperidine rings is 2. The highest BCUT2D eigenvalue weighted by Crippen LogP contribution is 2.28. The highest BCUT2D eigenvalue weighted by atomic mass is 16.5. The summed E-state index contributed by atoms with van der Waals surface area (Å²) in [5, 5.41) is 0. The lowest BCUT2D eigenvalue weighted by molar-refractivity contribution is -0.145. The molecule has 8 nitrogen and oxygen atoms in total. The zero-order valence-corrected chi connectivity index (χ0v) is 17.9. The molecule has 0 bridgehead atoms. The summed E-state index contributed by atoms with van der Waals surface area (Å²) in [6.45, 7) is 5.56. The Kier molecular flexibility index (Phi) is 5.80. The van der Waals surface area contributed by atoms with E-state index >= 15 is 0 Å². The molecule has 0 spiro atoms. The van der Waals surface area contributed by atoms with E-state index in [2.05, 4.69) is 9.88 Å². The van der Waals surface area contributed by atoms with Crippen molar-refractivity contribution in [1.82, 2.24) is 14.8 Å². The van der Waals surface area contributed by atoms with E-state index in [9.17, 15) is 9.59 Å². The summed E-state index contributed by atoms with van der Waals surface area (Å²) in [6.07, 6.45) is 3.15. The minimum atomic E-state index is 0.0446. The van der Waals surface area contributed by atoms with Crippen molar-refractivity contribution in [3.8, 4) is 0 Å². The number of carbonyl (C=O) groups excluding carboxylic acids is 2. The second kappa shape index (κ2) is 8.86. The van der Waals surface area contributed by atoms with Crippen LogP contribution in [0, 0.1) is 11.8 Å². The smallest absolute Gasteiger partial charge is 0.298 e. The standard InChI is InChI=1S/C23H30N4O4/c28-21(25-9-5-17(6-10-25)22(29)26-13-15-30-16-14-26)18-7-11-27(12-8-18)23-24-19-3-1-2-4-20(19)31-23/h1-4,17-18H,5-16H2. The van der Waals surface area contributed by atoms with Crippen molar-refractivity contribution in [2.45, 2.75) is 25.7 Å². The van der Waals surface area contributed by atoms with Crippen LogP contribution in [0.3, 0.4) is 0 Å². The Hall–Kier alpha value is -2.61. The summed E-state index contributed by atoms with van der Waals surface area (Å²) in [5.74, 6) is 0.576. The molecule has 0 saturated carbocycles. The molecule has 1 aromatic heterocycles. The Balaban J connectivity index is 1.11. The normalized spacial score (nSPS) is 21.6. The summed E-state index contributed by atoms with van der Waals surface area (Å²) in [7, 11) is 0. The summed E-state index contributed by atoms with van der Waals surface area (Å²) >= 11 is 0. The molecule has 0 radical (unpaired) electrons. The van der Waals surface area contributed by atoms with Crippen LogP contribution in [-0.2, 0) is 14.3 Å². The number of hydrogen-bond acceptors (Lipinski definition) is 6. The van der Waals surface area contributed by atoms with Crippen molar-refractivity contribution in [2.24, 2.45) is 11.8 Å². The molecular weight excluding hydrogens is 396 g/mol. The van der Waals surface area contributed by atoms with Crippen LogP contribution in [0.1, 0.15) is 25.7 Å². The minimum Gasteiger partial charge on any atom is -0.423 e. The van der Waals surface area contributed by atoms with Gasteiger partial charge in [-0.1, -0.05) is 12.1 Å². The first-order valence-corrected chi connectivity index (χ1v) is 11.4. The van der Waals surface area contributed by atoms with Crippen LogP contribution in [0.4, 0.5) is 6.01 Å². The summed E-state index contributed by atoms with van der Waals surface area (Å²) in [6, 6.07) is 8.42. The quantitative estimate of drug-likeness (QED) is 0.748. The SMILES string of the molecule is O=C(C1CCN(C(=O)C2CCN(c3nc4ccccc4o3)CC2)CC1)N1CCOCC1. The Morgan fingerprint density at radius 1 is 0.806 bits per heavy atom. The van der Waals surface area contributed by atoms with E-state index < -0.39 is 0 Å². The lowest BCUT2D eigenvalue weighted by Gasteiger charge is -2.38. The molecule has 3 fully saturated rings. The zero-order valence-electron chi connectivity index (χ0n) is 17.9. The van der Waals surface area contributed by atoms with Crippen LogP contribution in [0.5, 0.6) is 0 Å². The number of likely N-dealkylation sites (tertiary alicyclic amines) is 1. The number of rotatable bonds is 3. The van der Waals surface area contributed by atoms with Gasteiger partial charge in [-0.25, -0.2) is 0 Å². The third kappa shape index (κ3) is 4.26. The largest absolute Gasteiger partial charge is 0.423 e. The average molecular weight is 427 g/mol. The number of benzene rings is 1. The highest BCUT2D eigenvalue weighted by Gasteiger charge is 2.34. The van der Waals surface area contributed by atoms with Gasteiger partial charge >= 0.3 is 0 Å². The third-order valence-corrected chi connectivity index (χ3v) is 6.88. The zero-order chi connectivity index (χ0) is 21.2. The maximum absolute atomic E-state index is 13.1. The van der Waals surface area contributed by atoms with Gasteiger partial charge in [0.25, 0.3) is 6.01 Å². The van der Waals surface area contributed by atoms with Crippen LogP contribution in [0.25, 0.3) is 11.1 Å². The van der Waals surface area contributed by atoms with Gasteiger partial charge in [-0.15, -0.1) is 0 Å². The number of nitrogens with zero attached hydrogens (tertiary/aromatic N) is 4. The molecule has 1 aromatic carbocycles. The maximum Gasteiger partial charge on any atom is 0.298 e. The van der Waals surface area contributed by atoms with Crippen molar-refractivity contribution < 1.29 is 18.7 Å². The summed E-state index contributed by atoms with van der Waals surface area (Å²) in [5.41, 5.74) is 1.66. The molecule has 3 aliphatic rings. The van der Waals surface area contributed by atoms with Crippen molar-refractivity contribution in [2.75, 3.05) is 57.4 Å². The lowest BCUT2D eigenvalue weighted by Crippen LogP contribution is -2.49. The predicted molar refractivity (Wildman–Crippen MR) is 116 cm³/mol. The molecule has 5 rings (SSSR count). The highest BCUT2D eigenvalue weighted by molar-refractivity contribution is 5.81. The molecule has 166 valence electrons. The molecule has 3 aliphatic heterocycles. The number of oxazole rings is 1. The molecule has 0 aliphatic carbocycles.